The van der Waals surface area contributed by atoms with Gasteiger partial charge in [0.2, 0.25) is 0 Å². The van der Waals surface area contributed by atoms with Crippen LogP contribution in [-0.2, 0) is 14.3 Å². The molecule has 78 valence electrons. The number of carbonyl (C=O) groups is 1. The lowest BCUT2D eigenvalue weighted by Crippen LogP contribution is -2.42. The maximum absolute atomic E-state index is 10.3. The fraction of sp³-hybridized carbons (Fsp3) is 0.875. The summed E-state index contributed by atoms with van der Waals surface area (Å²) < 4.78 is 9.66. The molecule has 0 saturated heterocycles. The number of rotatable bonds is 6. The molecule has 1 atom stereocenters. The summed E-state index contributed by atoms with van der Waals surface area (Å²) in [6.07, 6.45) is -0.822. The van der Waals surface area contributed by atoms with E-state index in [4.69, 9.17) is 14.6 Å². The molecule has 0 aliphatic heterocycles. The van der Waals surface area contributed by atoms with Gasteiger partial charge in [0.25, 0.3) is 0 Å². The van der Waals surface area contributed by atoms with Gasteiger partial charge in [-0.15, -0.1) is 0 Å². The van der Waals surface area contributed by atoms with Gasteiger partial charge >= 0.3 is 5.97 Å². The molecule has 0 bridgehead atoms. The second kappa shape index (κ2) is 5.16. The molecular formula is C8H16O5. The maximum Gasteiger partial charge on any atom is 0.303 e. The Morgan fingerprint density at radius 1 is 1.46 bits per heavy atom. The van der Waals surface area contributed by atoms with Gasteiger partial charge in [0.1, 0.15) is 5.60 Å². The van der Waals surface area contributed by atoms with Crippen molar-refractivity contribution in [2.45, 2.75) is 31.7 Å². The minimum Gasteiger partial charge on any atom is -0.481 e. The molecule has 0 spiro atoms. The molecule has 5 heteroatoms. The Morgan fingerprint density at radius 3 is 2.23 bits per heavy atom. The van der Waals surface area contributed by atoms with Crippen LogP contribution in [-0.4, -0.2) is 42.3 Å². The van der Waals surface area contributed by atoms with Crippen LogP contribution >= 0.6 is 0 Å². The Morgan fingerprint density at radius 2 is 1.92 bits per heavy atom. The van der Waals surface area contributed by atoms with Crippen molar-refractivity contribution in [3.63, 3.8) is 0 Å². The van der Waals surface area contributed by atoms with Crippen molar-refractivity contribution in [1.82, 2.24) is 0 Å². The van der Waals surface area contributed by atoms with Crippen LogP contribution in [0.25, 0.3) is 0 Å². The highest BCUT2D eigenvalue weighted by Crippen LogP contribution is 2.19. The topological polar surface area (TPSA) is 76.0 Å². The van der Waals surface area contributed by atoms with Crippen molar-refractivity contribution in [1.29, 1.82) is 0 Å². The monoisotopic (exact) mass is 192 g/mol. The Hall–Kier alpha value is -0.650. The van der Waals surface area contributed by atoms with Gasteiger partial charge in [0.15, 0.2) is 6.29 Å². The molecule has 0 aromatic heterocycles. The molecule has 1 unspecified atom stereocenters. The summed E-state index contributed by atoms with van der Waals surface area (Å²) in [6, 6.07) is 0. The first kappa shape index (κ1) is 12.3. The summed E-state index contributed by atoms with van der Waals surface area (Å²) in [6.45, 7) is 1.48. The summed E-state index contributed by atoms with van der Waals surface area (Å²) in [7, 11) is 2.78. The third-order valence-corrected chi connectivity index (χ3v) is 1.78. The average molecular weight is 192 g/mol. The minimum absolute atomic E-state index is 0.0919. The largest absolute Gasteiger partial charge is 0.481 e. The van der Waals surface area contributed by atoms with Crippen molar-refractivity contribution >= 4 is 5.97 Å². The number of aliphatic carboxylic acids is 1. The highest BCUT2D eigenvalue weighted by molar-refractivity contribution is 5.66. The van der Waals surface area contributed by atoms with E-state index in [0.717, 1.165) is 0 Å². The van der Waals surface area contributed by atoms with E-state index in [9.17, 15) is 9.90 Å². The molecule has 0 radical (unpaired) electrons. The van der Waals surface area contributed by atoms with E-state index in [0.29, 0.717) is 0 Å². The van der Waals surface area contributed by atoms with Gasteiger partial charge in [-0.2, -0.15) is 0 Å². The predicted octanol–water partition coefficient (Wildman–Crippen LogP) is 0.221. The van der Waals surface area contributed by atoms with Crippen molar-refractivity contribution < 1.29 is 24.5 Å². The van der Waals surface area contributed by atoms with E-state index in [1.54, 1.807) is 0 Å². The second-order valence-corrected chi connectivity index (χ2v) is 3.05. The van der Waals surface area contributed by atoms with Crippen LogP contribution in [0.4, 0.5) is 0 Å². The number of hydrogen-bond acceptors (Lipinski definition) is 4. The lowest BCUT2D eigenvalue weighted by molar-refractivity contribution is -0.211. The van der Waals surface area contributed by atoms with Crippen LogP contribution in [0, 0.1) is 0 Å². The number of ether oxygens (including phenoxy) is 2. The second-order valence-electron chi connectivity index (χ2n) is 3.05. The summed E-state index contributed by atoms with van der Waals surface area (Å²) in [4.78, 5) is 10.3. The van der Waals surface area contributed by atoms with Crippen molar-refractivity contribution in [3.05, 3.63) is 0 Å². The fourth-order valence-electron chi connectivity index (χ4n) is 1.08. The zero-order valence-electron chi connectivity index (χ0n) is 8.11. The van der Waals surface area contributed by atoms with Crippen molar-refractivity contribution in [2.24, 2.45) is 0 Å². The van der Waals surface area contributed by atoms with E-state index in [-0.39, 0.29) is 12.8 Å². The summed E-state index contributed by atoms with van der Waals surface area (Å²) in [5.41, 5.74) is -1.28. The van der Waals surface area contributed by atoms with Crippen LogP contribution in [0.5, 0.6) is 0 Å². The summed E-state index contributed by atoms with van der Waals surface area (Å²) in [5.74, 6) is -0.953. The lowest BCUT2D eigenvalue weighted by Gasteiger charge is -2.29. The van der Waals surface area contributed by atoms with Gasteiger partial charge < -0.3 is 19.7 Å². The predicted molar refractivity (Wildman–Crippen MR) is 45.3 cm³/mol. The molecule has 0 aromatic rings. The summed E-state index contributed by atoms with van der Waals surface area (Å²) in [5, 5.41) is 18.1. The van der Waals surface area contributed by atoms with Gasteiger partial charge in [-0.1, -0.05) is 0 Å². The standard InChI is InChI=1S/C8H16O5/c1-8(11,5-4-6(9)10)7(12-2)13-3/h7,11H,4-5H2,1-3H3,(H,9,10). The third kappa shape index (κ3) is 4.21. The normalized spacial score (nSPS) is 15.8. The van der Waals surface area contributed by atoms with E-state index in [1.807, 2.05) is 0 Å². The Bertz CT molecular complexity index is 162. The number of carboxylic acids is 1. The number of methoxy groups -OCH3 is 2. The molecule has 13 heavy (non-hydrogen) atoms. The van der Waals surface area contributed by atoms with Crippen LogP contribution in [0.3, 0.4) is 0 Å². The van der Waals surface area contributed by atoms with E-state index in [2.05, 4.69) is 0 Å². The molecule has 0 rings (SSSR count). The van der Waals surface area contributed by atoms with E-state index >= 15 is 0 Å². The lowest BCUT2D eigenvalue weighted by atomic mass is 9.99. The van der Waals surface area contributed by atoms with Crippen LogP contribution in [0.2, 0.25) is 0 Å². The molecule has 0 heterocycles. The van der Waals surface area contributed by atoms with Gasteiger partial charge in [0, 0.05) is 20.6 Å². The molecule has 0 amide bonds. The first-order valence-corrected chi connectivity index (χ1v) is 3.94. The SMILES string of the molecule is COC(OC)C(C)(O)CCC(=O)O. The molecule has 2 N–H and O–H groups in total. The first-order valence-electron chi connectivity index (χ1n) is 3.94. The summed E-state index contributed by atoms with van der Waals surface area (Å²) >= 11 is 0. The minimum atomic E-state index is -1.28. The van der Waals surface area contributed by atoms with Crippen LogP contribution < -0.4 is 0 Å². The molecule has 0 saturated carbocycles. The first-order chi connectivity index (χ1) is 5.94. The number of carboxylic acid groups (broad SMARTS) is 1. The molecule has 0 aliphatic rings. The average Bonchev–Trinajstić information content (AvgIpc) is 2.03. The fourth-order valence-corrected chi connectivity index (χ4v) is 1.08. The number of hydrogen-bond donors (Lipinski definition) is 2. The molecule has 0 aliphatic carbocycles. The molecule has 5 nitrogen and oxygen atoms in total. The van der Waals surface area contributed by atoms with Gasteiger partial charge in [-0.3, -0.25) is 4.79 Å². The molecule has 0 fully saturated rings. The molecular weight excluding hydrogens is 176 g/mol. The highest BCUT2D eigenvalue weighted by atomic mass is 16.7. The van der Waals surface area contributed by atoms with Gasteiger partial charge in [-0.05, 0) is 13.3 Å². The Kier molecular flexibility index (Phi) is 4.90. The zero-order chi connectivity index (χ0) is 10.5. The quantitative estimate of drug-likeness (QED) is 0.589. The zero-order valence-corrected chi connectivity index (χ0v) is 8.11. The number of aliphatic hydroxyl groups is 1. The highest BCUT2D eigenvalue weighted by Gasteiger charge is 2.32. The van der Waals surface area contributed by atoms with Crippen molar-refractivity contribution in [2.75, 3.05) is 14.2 Å². The molecule has 0 aromatic carbocycles. The van der Waals surface area contributed by atoms with Gasteiger partial charge in [-0.25, -0.2) is 0 Å². The van der Waals surface area contributed by atoms with Crippen LogP contribution in [0.1, 0.15) is 19.8 Å². The van der Waals surface area contributed by atoms with Crippen molar-refractivity contribution in [3.8, 4) is 0 Å². The van der Waals surface area contributed by atoms with Gasteiger partial charge in [0.05, 0.1) is 0 Å². The van der Waals surface area contributed by atoms with E-state index in [1.165, 1.54) is 21.1 Å². The smallest absolute Gasteiger partial charge is 0.303 e. The Labute approximate surface area is 77.3 Å². The third-order valence-electron chi connectivity index (χ3n) is 1.78. The maximum atomic E-state index is 10.3. The van der Waals surface area contributed by atoms with Crippen LogP contribution in [0.15, 0.2) is 0 Å². The Balaban J connectivity index is 4.10. The van der Waals surface area contributed by atoms with E-state index < -0.39 is 17.9 Å².